The Morgan fingerprint density at radius 2 is 2.30 bits per heavy atom. The molecule has 0 aliphatic heterocycles. The number of rotatable bonds is 7. The van der Waals surface area contributed by atoms with Gasteiger partial charge in [-0.1, -0.05) is 6.92 Å². The molecule has 2 aromatic rings. The van der Waals surface area contributed by atoms with Crippen molar-refractivity contribution >= 4 is 11.2 Å². The van der Waals surface area contributed by atoms with E-state index in [2.05, 4.69) is 4.98 Å². The van der Waals surface area contributed by atoms with E-state index in [0.29, 0.717) is 4.57 Å². The summed E-state index contributed by atoms with van der Waals surface area (Å²) in [5.74, 6) is 0. The van der Waals surface area contributed by atoms with Gasteiger partial charge in [0.05, 0.1) is 11.9 Å². The number of aromatic nitrogens is 4. The molecule has 1 unspecified atom stereocenters. The average molecular weight is 335 g/mol. The van der Waals surface area contributed by atoms with Crippen molar-refractivity contribution in [2.75, 3.05) is 0 Å². The van der Waals surface area contributed by atoms with Gasteiger partial charge in [-0.05, 0) is 39.3 Å². The molecule has 23 heavy (non-hydrogen) atoms. The molecule has 2 aromatic heterocycles. The molecule has 7 nitrogen and oxygen atoms in total. The Kier molecular flexibility index (Phi) is 2.41. The topological polar surface area (TPSA) is 82.1 Å². The molecule has 0 aromatic carbocycles. The van der Waals surface area contributed by atoms with Gasteiger partial charge in [-0.15, -0.1) is 0 Å². The molecular weight excluding hydrogens is 296 g/mol. The van der Waals surface area contributed by atoms with Crippen LogP contribution in [0.5, 0.6) is 0 Å². The smallest absolute Gasteiger partial charge is 0.332 e. The number of hydrogen-bond donors (Lipinski definition) is 1. The summed E-state index contributed by atoms with van der Waals surface area (Å²) in [7, 11) is 1.32. The highest BCUT2D eigenvalue weighted by molar-refractivity contribution is 5.69. The molecule has 0 aliphatic rings. The standard InChI is InChI=1S/C16H26N4O3/c1-5-9-19-11-17-13-12(19)14(21)20(15(22)18(13)4)10-7-6-8-16(2,3)23/h11,23H,5-10H2,1-4H3/i2D3,3T3,8D2,9D2. The Morgan fingerprint density at radius 3 is 2.96 bits per heavy atom. The lowest BCUT2D eigenvalue weighted by Gasteiger charge is -2.16. The van der Waals surface area contributed by atoms with Crippen LogP contribution in [-0.4, -0.2) is 29.4 Å². The Labute approximate surface area is 149 Å². The van der Waals surface area contributed by atoms with E-state index in [1.807, 2.05) is 0 Å². The first-order chi connectivity index (χ1) is 14.7. The van der Waals surface area contributed by atoms with Gasteiger partial charge in [-0.2, -0.15) is 0 Å². The van der Waals surface area contributed by atoms with Crippen LogP contribution in [0.4, 0.5) is 0 Å². The van der Waals surface area contributed by atoms with Crippen LogP contribution in [0.25, 0.3) is 11.2 Å². The van der Waals surface area contributed by atoms with Gasteiger partial charge in [0.2, 0.25) is 0 Å². The van der Waals surface area contributed by atoms with Crippen LogP contribution in [0.1, 0.15) is 60.0 Å². The highest BCUT2D eigenvalue weighted by Gasteiger charge is 2.16. The normalized spacial score (nSPS) is 23.1. The zero-order valence-electron chi connectivity index (χ0n) is 23.0. The van der Waals surface area contributed by atoms with Crippen molar-refractivity contribution < 1.29 is 18.8 Å². The van der Waals surface area contributed by atoms with Crippen molar-refractivity contribution in [3.8, 4) is 0 Å². The van der Waals surface area contributed by atoms with E-state index in [4.69, 9.17) is 13.7 Å². The molecule has 0 fully saturated rings. The first-order valence-electron chi connectivity index (χ1n) is 12.1. The van der Waals surface area contributed by atoms with Crippen LogP contribution < -0.4 is 11.2 Å². The third kappa shape index (κ3) is 3.72. The van der Waals surface area contributed by atoms with Crippen molar-refractivity contribution in [1.29, 1.82) is 0 Å². The predicted octanol–water partition coefficient (Wildman–Crippen LogP) is 1.25. The summed E-state index contributed by atoms with van der Waals surface area (Å²) in [6.07, 6.45) is -3.17. The van der Waals surface area contributed by atoms with E-state index in [1.165, 1.54) is 7.05 Å². The summed E-state index contributed by atoms with van der Waals surface area (Å²) in [6.45, 7) is -8.00. The van der Waals surface area contributed by atoms with E-state index in [-0.39, 0.29) is 24.0 Å². The average Bonchev–Trinajstić information content (AvgIpc) is 3.12. The summed E-state index contributed by atoms with van der Waals surface area (Å²) in [5, 5.41) is 10.4. The minimum Gasteiger partial charge on any atom is -0.390 e. The van der Waals surface area contributed by atoms with Crippen LogP contribution >= 0.6 is 0 Å². The van der Waals surface area contributed by atoms with Crippen molar-refractivity contribution in [3.05, 3.63) is 27.2 Å². The van der Waals surface area contributed by atoms with Crippen LogP contribution in [0.15, 0.2) is 15.9 Å². The SMILES string of the molecule is [2H]C([2H])(CC)n1cnc2c1c(=O)n(CCCC([2H])([2H])C(O)(C([2H])([2H])[2H])C([3H])([3H])[3H])c(=O)n2C. The molecular formula is C16H26N4O3. The van der Waals surface area contributed by atoms with Crippen LogP contribution in [-0.2, 0) is 20.1 Å². The maximum absolute atomic E-state index is 13.0. The zero-order valence-corrected chi connectivity index (χ0v) is 13.0. The molecule has 0 aliphatic carbocycles. The van der Waals surface area contributed by atoms with Crippen LogP contribution in [0.2, 0.25) is 0 Å². The molecule has 0 spiro atoms. The van der Waals surface area contributed by atoms with Crippen molar-refractivity contribution in [2.45, 2.75) is 64.9 Å². The van der Waals surface area contributed by atoms with Gasteiger partial charge in [-0.3, -0.25) is 13.9 Å². The van der Waals surface area contributed by atoms with Gasteiger partial charge >= 0.3 is 5.69 Å². The molecule has 0 saturated heterocycles. The Balaban J connectivity index is 2.48. The fourth-order valence-electron chi connectivity index (χ4n) is 2.26. The Morgan fingerprint density at radius 1 is 1.52 bits per heavy atom. The van der Waals surface area contributed by atoms with Gasteiger partial charge in [-0.25, -0.2) is 9.78 Å². The fourth-order valence-corrected chi connectivity index (χ4v) is 2.26. The maximum atomic E-state index is 13.0. The minimum absolute atomic E-state index is 0.00374. The highest BCUT2D eigenvalue weighted by Crippen LogP contribution is 2.12. The molecule has 2 heterocycles. The number of aliphatic hydroxyl groups is 1. The lowest BCUT2D eigenvalue weighted by atomic mass is 10.0. The quantitative estimate of drug-likeness (QED) is 0.825. The summed E-state index contributed by atoms with van der Waals surface area (Å²) in [6, 6.07) is 0. The molecule has 0 amide bonds. The van der Waals surface area contributed by atoms with Gasteiger partial charge < -0.3 is 9.67 Å². The zero-order chi connectivity index (χ0) is 25.8. The Hall–Kier alpha value is -1.89. The molecule has 2 rings (SSSR count). The highest BCUT2D eigenvalue weighted by atomic mass is 16.3. The van der Waals surface area contributed by atoms with Gasteiger partial charge in [0.25, 0.3) is 5.56 Å². The molecule has 128 valence electrons. The summed E-state index contributed by atoms with van der Waals surface area (Å²) in [5.41, 5.74) is -5.62. The van der Waals surface area contributed by atoms with Crippen molar-refractivity contribution in [2.24, 2.45) is 7.05 Å². The third-order valence-electron chi connectivity index (χ3n) is 3.30. The number of hydrogen-bond acceptors (Lipinski definition) is 4. The Bertz CT molecular complexity index is 1130. The summed E-state index contributed by atoms with van der Waals surface area (Å²) >= 11 is 0. The number of nitrogens with zero attached hydrogens (tertiary/aromatic N) is 4. The molecule has 0 bridgehead atoms. The molecule has 0 saturated carbocycles. The van der Waals surface area contributed by atoms with E-state index >= 15 is 0 Å². The van der Waals surface area contributed by atoms with E-state index < -0.39 is 56.4 Å². The summed E-state index contributed by atoms with van der Waals surface area (Å²) < 4.78 is 79.3. The second-order valence-corrected chi connectivity index (χ2v) is 5.09. The first-order valence-corrected chi connectivity index (χ1v) is 7.14. The van der Waals surface area contributed by atoms with E-state index in [0.717, 1.165) is 15.5 Å². The van der Waals surface area contributed by atoms with E-state index in [9.17, 15) is 14.7 Å². The minimum atomic E-state index is -3.68. The van der Waals surface area contributed by atoms with E-state index in [1.54, 1.807) is 6.92 Å². The largest absolute Gasteiger partial charge is 0.390 e. The molecule has 7 heteroatoms. The van der Waals surface area contributed by atoms with Crippen LogP contribution in [0, 0.1) is 0 Å². The number of imidazole rings is 1. The second-order valence-electron chi connectivity index (χ2n) is 5.09. The van der Waals surface area contributed by atoms with Crippen LogP contribution in [0.3, 0.4) is 0 Å². The van der Waals surface area contributed by atoms with Gasteiger partial charge in [0, 0.05) is 33.8 Å². The lowest BCUT2D eigenvalue weighted by Crippen LogP contribution is -2.39. The monoisotopic (exact) mass is 335 g/mol. The number of aryl methyl sites for hydroxylation is 2. The fraction of sp³-hybridized carbons (Fsp3) is 0.688. The molecule has 1 N–H and O–H groups in total. The van der Waals surface area contributed by atoms with Gasteiger partial charge in [0.15, 0.2) is 11.2 Å². The second kappa shape index (κ2) is 6.70. The first kappa shape index (κ1) is 8.28. The van der Waals surface area contributed by atoms with Crippen molar-refractivity contribution in [3.63, 3.8) is 0 Å². The number of fused-ring (bicyclic) bond motifs is 1. The van der Waals surface area contributed by atoms with Gasteiger partial charge in [0.1, 0.15) is 0 Å². The maximum Gasteiger partial charge on any atom is 0.332 e. The molecule has 1 atom stereocenters. The third-order valence-corrected chi connectivity index (χ3v) is 3.30. The lowest BCUT2D eigenvalue weighted by molar-refractivity contribution is 0.0678. The predicted molar refractivity (Wildman–Crippen MR) is 89.7 cm³/mol. The summed E-state index contributed by atoms with van der Waals surface area (Å²) in [4.78, 5) is 29.6. The van der Waals surface area contributed by atoms with Crippen molar-refractivity contribution in [1.82, 2.24) is 18.7 Å². The molecule has 0 radical (unpaired) electrons.